The quantitative estimate of drug-likeness (QED) is 0.115. The fourth-order valence-corrected chi connectivity index (χ4v) is 3.74. The highest BCUT2D eigenvalue weighted by Crippen LogP contribution is 2.32. The second-order valence-corrected chi connectivity index (χ2v) is 7.94. The van der Waals surface area contributed by atoms with Gasteiger partial charge in [0, 0.05) is 11.1 Å². The van der Waals surface area contributed by atoms with Crippen molar-refractivity contribution in [2.24, 2.45) is 0 Å². The van der Waals surface area contributed by atoms with E-state index in [0.29, 0.717) is 11.1 Å². The average Bonchev–Trinajstić information content (AvgIpc) is 2.85. The third-order valence-electron chi connectivity index (χ3n) is 5.43. The summed E-state index contributed by atoms with van der Waals surface area (Å²) in [6, 6.07) is 1.78. The molecule has 0 radical (unpaired) electrons. The van der Waals surface area contributed by atoms with E-state index in [-0.39, 0.29) is 25.6 Å². The van der Waals surface area contributed by atoms with Gasteiger partial charge in [0.05, 0.1) is 19.8 Å². The molecule has 0 aromatic heterocycles. The molecule has 0 bridgehead atoms. The maximum atomic E-state index is 10.7. The summed E-state index contributed by atoms with van der Waals surface area (Å²) in [6.45, 7) is 2.61. The highest BCUT2D eigenvalue weighted by Gasteiger charge is 2.18. The van der Waals surface area contributed by atoms with Crippen molar-refractivity contribution < 1.29 is 34.6 Å². The molecule has 7 nitrogen and oxygen atoms in total. The average molecular weight is 479 g/mol. The molecule has 7 heteroatoms. The number of phenolic OH excluding ortho intramolecular Hbond substituents is 1. The Morgan fingerprint density at radius 3 is 1.97 bits per heavy atom. The molecule has 4 N–H and O–H groups in total. The minimum absolute atomic E-state index is 0.0282. The Bertz CT molecular complexity index is 728. The van der Waals surface area contributed by atoms with Gasteiger partial charge in [0.1, 0.15) is 26.1 Å². The highest BCUT2D eigenvalue weighted by molar-refractivity contribution is 5.49. The van der Waals surface area contributed by atoms with Crippen LogP contribution in [0.3, 0.4) is 0 Å². The first kappa shape index (κ1) is 30.0. The number of aliphatic hydroxyl groups excluding tert-OH is 3. The van der Waals surface area contributed by atoms with Crippen LogP contribution >= 0.6 is 0 Å². The van der Waals surface area contributed by atoms with E-state index in [4.69, 9.17) is 29.5 Å². The number of benzene rings is 1. The number of allylic oxidation sites excluding steroid dienone is 5. The molecule has 0 atom stereocenters. The van der Waals surface area contributed by atoms with E-state index < -0.39 is 20.4 Å². The third kappa shape index (κ3) is 12.5. The molecule has 0 aliphatic carbocycles. The van der Waals surface area contributed by atoms with E-state index in [1.165, 1.54) is 12.8 Å². The molecule has 0 aliphatic heterocycles. The molecule has 0 fully saturated rings. The van der Waals surface area contributed by atoms with E-state index >= 15 is 0 Å². The zero-order chi connectivity index (χ0) is 24.9. The van der Waals surface area contributed by atoms with Crippen molar-refractivity contribution in [1.82, 2.24) is 0 Å². The van der Waals surface area contributed by atoms with Crippen molar-refractivity contribution >= 4 is 0 Å². The lowest BCUT2D eigenvalue weighted by atomic mass is 9.92. The zero-order valence-corrected chi connectivity index (χ0v) is 20.3. The minimum atomic E-state index is -0.464. The maximum Gasteiger partial charge on any atom is 0.144 e. The largest absolute Gasteiger partial charge is 0.507 e. The van der Waals surface area contributed by atoms with Crippen molar-refractivity contribution in [3.63, 3.8) is 0 Å². The zero-order valence-electron chi connectivity index (χ0n) is 20.3. The third-order valence-corrected chi connectivity index (χ3v) is 5.43. The minimum Gasteiger partial charge on any atom is -0.507 e. The molecule has 1 aromatic rings. The summed E-state index contributed by atoms with van der Waals surface area (Å²) in [4.78, 5) is 0. The molecule has 0 aliphatic rings. The van der Waals surface area contributed by atoms with Crippen LogP contribution in [0.1, 0.15) is 73.6 Å². The Morgan fingerprint density at radius 1 is 0.676 bits per heavy atom. The predicted molar refractivity (Wildman–Crippen MR) is 133 cm³/mol. The number of rotatable bonds is 21. The maximum absolute atomic E-state index is 10.7. The first-order valence-corrected chi connectivity index (χ1v) is 12.0. The van der Waals surface area contributed by atoms with Gasteiger partial charge < -0.3 is 34.6 Å². The van der Waals surface area contributed by atoms with Gasteiger partial charge in [-0.3, -0.25) is 0 Å². The van der Waals surface area contributed by atoms with E-state index in [1.807, 2.05) is 6.08 Å². The van der Waals surface area contributed by atoms with E-state index in [2.05, 4.69) is 30.9 Å². The lowest BCUT2D eigenvalue weighted by Gasteiger charge is -2.19. The van der Waals surface area contributed by atoms with Gasteiger partial charge in [-0.05, 0) is 55.7 Å². The van der Waals surface area contributed by atoms with Gasteiger partial charge in [-0.15, -0.1) is 6.58 Å². The standard InChI is InChI=1S/C27H42O7/c1-2-3-4-5-6-7-8-9-10-11-12-13-14-15-25-23(17-32-20-28)16-24(18-33-21-29)27(31)26(25)19-34-22-30/h2,4-5,7-8,16,28-31H,1,3,6,9-15,17-22H2/b5-4-,8-7-. The SMILES string of the molecule is C=CC/C=C\C/C=C\CCCCCCCc1c(COCO)cc(COCO)c(O)c1COCO. The summed E-state index contributed by atoms with van der Waals surface area (Å²) in [5.41, 5.74) is 2.80. The van der Waals surface area contributed by atoms with Gasteiger partial charge in [0.2, 0.25) is 0 Å². The number of ether oxygens (including phenoxy) is 3. The molecule has 0 saturated carbocycles. The van der Waals surface area contributed by atoms with Crippen molar-refractivity contribution in [2.75, 3.05) is 20.4 Å². The molecular formula is C27H42O7. The van der Waals surface area contributed by atoms with Gasteiger partial charge in [-0.2, -0.15) is 0 Å². The van der Waals surface area contributed by atoms with Gasteiger partial charge in [0.25, 0.3) is 0 Å². The Labute approximate surface area is 204 Å². The lowest BCUT2D eigenvalue weighted by molar-refractivity contribution is -0.0162. The smallest absolute Gasteiger partial charge is 0.144 e. The molecular weight excluding hydrogens is 436 g/mol. The van der Waals surface area contributed by atoms with Gasteiger partial charge >= 0.3 is 0 Å². The molecule has 0 spiro atoms. The lowest BCUT2D eigenvalue weighted by Crippen LogP contribution is -2.09. The van der Waals surface area contributed by atoms with Crippen LogP contribution < -0.4 is 0 Å². The topological polar surface area (TPSA) is 109 Å². The van der Waals surface area contributed by atoms with Gasteiger partial charge in [-0.25, -0.2) is 0 Å². The highest BCUT2D eigenvalue weighted by atomic mass is 16.6. The predicted octanol–water partition coefficient (Wildman–Crippen LogP) is 4.75. The number of aliphatic hydroxyl groups is 3. The van der Waals surface area contributed by atoms with Gasteiger partial charge in [-0.1, -0.05) is 49.6 Å². The Kier molecular flexibility index (Phi) is 18.0. The fourth-order valence-electron chi connectivity index (χ4n) is 3.74. The summed E-state index contributed by atoms with van der Waals surface area (Å²) >= 11 is 0. The number of hydrogen-bond donors (Lipinski definition) is 4. The van der Waals surface area contributed by atoms with Crippen LogP contribution in [0.25, 0.3) is 0 Å². The van der Waals surface area contributed by atoms with Crippen LogP contribution in [-0.4, -0.2) is 40.8 Å². The normalized spacial score (nSPS) is 11.7. The fraction of sp³-hybridized carbons (Fsp3) is 0.556. The Hall–Kier alpha value is -2.00. The summed E-state index contributed by atoms with van der Waals surface area (Å²) in [7, 11) is 0. The molecule has 0 amide bonds. The van der Waals surface area contributed by atoms with Crippen molar-refractivity contribution in [2.45, 2.75) is 77.6 Å². The molecule has 1 rings (SSSR count). The summed E-state index contributed by atoms with van der Waals surface area (Å²) in [5, 5.41) is 37.9. The van der Waals surface area contributed by atoms with Crippen LogP contribution in [0, 0.1) is 0 Å². The first-order valence-electron chi connectivity index (χ1n) is 12.0. The number of phenols is 1. The van der Waals surface area contributed by atoms with E-state index in [0.717, 1.165) is 56.1 Å². The van der Waals surface area contributed by atoms with E-state index in [9.17, 15) is 5.11 Å². The van der Waals surface area contributed by atoms with Crippen LogP contribution in [0.4, 0.5) is 0 Å². The molecule has 0 heterocycles. The molecule has 1 aromatic carbocycles. The number of hydrogen-bond acceptors (Lipinski definition) is 7. The van der Waals surface area contributed by atoms with Crippen LogP contribution in [0.5, 0.6) is 5.75 Å². The van der Waals surface area contributed by atoms with Gasteiger partial charge in [0.15, 0.2) is 0 Å². The van der Waals surface area contributed by atoms with Crippen LogP contribution in [-0.2, 0) is 40.5 Å². The molecule has 34 heavy (non-hydrogen) atoms. The molecule has 0 unspecified atom stereocenters. The number of aromatic hydroxyl groups is 1. The molecule has 0 saturated heterocycles. The Balaban J connectivity index is 2.62. The first-order chi connectivity index (χ1) is 16.7. The summed E-state index contributed by atoms with van der Waals surface area (Å²) in [5.74, 6) is 0.0378. The van der Waals surface area contributed by atoms with Crippen LogP contribution in [0.2, 0.25) is 0 Å². The summed E-state index contributed by atoms with van der Waals surface area (Å²) < 4.78 is 15.4. The van der Waals surface area contributed by atoms with Crippen molar-refractivity contribution in [3.8, 4) is 5.75 Å². The molecule has 192 valence electrons. The van der Waals surface area contributed by atoms with Crippen LogP contribution in [0.15, 0.2) is 43.0 Å². The Morgan fingerprint density at radius 2 is 1.26 bits per heavy atom. The summed E-state index contributed by atoms with van der Waals surface area (Å²) in [6.07, 6.45) is 19.8. The number of unbranched alkanes of at least 4 members (excludes halogenated alkanes) is 5. The van der Waals surface area contributed by atoms with E-state index in [1.54, 1.807) is 6.07 Å². The van der Waals surface area contributed by atoms with Crippen molar-refractivity contribution in [1.29, 1.82) is 0 Å². The second kappa shape index (κ2) is 20.4. The second-order valence-electron chi connectivity index (χ2n) is 7.94. The monoisotopic (exact) mass is 478 g/mol. The van der Waals surface area contributed by atoms with Crippen molar-refractivity contribution in [3.05, 3.63) is 65.3 Å².